The summed E-state index contributed by atoms with van der Waals surface area (Å²) in [6.07, 6.45) is 101. The lowest BCUT2D eigenvalue weighted by molar-refractivity contribution is -0.161. The van der Waals surface area contributed by atoms with Gasteiger partial charge in [-0.2, -0.15) is 0 Å². The van der Waals surface area contributed by atoms with E-state index in [1.54, 1.807) is 0 Å². The summed E-state index contributed by atoms with van der Waals surface area (Å²) < 4.78 is 61.3. The smallest absolute Gasteiger partial charge is 0.463 e. The number of carbonyl (C=O) groups is 3. The maximum atomic E-state index is 13.0. The van der Waals surface area contributed by atoms with Crippen molar-refractivity contribution in [3.05, 3.63) is 122 Å². The fraction of sp³-hybridized carbons (Fsp3) is 0.747. The quantitative estimate of drug-likeness (QED) is 0.0146. The van der Waals surface area contributed by atoms with Gasteiger partial charge in [0.05, 0.1) is 26.4 Å². The van der Waals surface area contributed by atoms with Gasteiger partial charge in [-0.15, -0.1) is 0 Å². The Balaban J connectivity index is 4.41. The van der Waals surface area contributed by atoms with Crippen molar-refractivity contribution in [3.63, 3.8) is 0 Å². The molecule has 18 heteroatoms. The maximum absolute atomic E-state index is 13.0. The third-order valence-electron chi connectivity index (χ3n) is 18.6. The standard InChI is InChI=1S/C91H160O16P2/c1-4-7-10-13-16-19-22-25-27-29-31-33-35-37-39-40-41-42-43-44-46-48-49-51-53-55-57-60-62-65-68-71-74-77-89(94)101-80-86(92)81-103-108(97,98)104-82-87(93)83-105-109(99,100)106-85-88(107-91(96)79-76-73-70-67-64-59-24-21-18-15-12-9-6-3)84-102-90(95)78-75-72-69-66-63-61-58-56-54-52-50-47-45-38-36-34-32-30-28-26-23-20-17-14-11-8-5-2/h7,10,16-17,19-21,24-28,31-34,37-39,45,86-88,92-93H,4-6,8-9,11-15,18,22-23,29-30,35-36,40-44,46-85H2,1-3H3,(H,97,98)(H,99,100)/b10-7-,19-16-,20-17-,24-21-,27-25-,28-26-,33-31-,34-32-,39-37-,45-38-. The lowest BCUT2D eigenvalue weighted by atomic mass is 10.0. The highest BCUT2D eigenvalue weighted by Gasteiger charge is 2.29. The Kier molecular flexibility index (Phi) is 80.3. The van der Waals surface area contributed by atoms with E-state index in [4.69, 9.17) is 32.3 Å². The first-order valence-electron chi connectivity index (χ1n) is 43.8. The lowest BCUT2D eigenvalue weighted by Gasteiger charge is -2.21. The van der Waals surface area contributed by atoms with E-state index in [0.717, 1.165) is 141 Å². The van der Waals surface area contributed by atoms with Crippen LogP contribution < -0.4 is 0 Å². The largest absolute Gasteiger partial charge is 0.472 e. The third kappa shape index (κ3) is 84.7. The van der Waals surface area contributed by atoms with E-state index >= 15 is 0 Å². The van der Waals surface area contributed by atoms with Crippen LogP contribution in [0.15, 0.2) is 122 Å². The van der Waals surface area contributed by atoms with E-state index in [1.807, 2.05) is 0 Å². The molecule has 0 aromatic carbocycles. The van der Waals surface area contributed by atoms with E-state index in [2.05, 4.69) is 142 Å². The van der Waals surface area contributed by atoms with Gasteiger partial charge in [-0.05, 0) is 135 Å². The van der Waals surface area contributed by atoms with Crippen molar-refractivity contribution < 1.29 is 75.8 Å². The van der Waals surface area contributed by atoms with Gasteiger partial charge in [0.25, 0.3) is 0 Å². The van der Waals surface area contributed by atoms with E-state index in [0.29, 0.717) is 19.3 Å². The molecule has 0 amide bonds. The van der Waals surface area contributed by atoms with E-state index in [-0.39, 0.29) is 19.3 Å². The Bertz CT molecular complexity index is 2460. The molecule has 109 heavy (non-hydrogen) atoms. The zero-order valence-corrected chi connectivity index (χ0v) is 71.0. The van der Waals surface area contributed by atoms with Gasteiger partial charge in [-0.25, -0.2) is 9.13 Å². The number of hydrogen-bond donors (Lipinski definition) is 4. The average Bonchev–Trinajstić information content (AvgIpc) is 0.915. The monoisotopic (exact) mass is 1570 g/mol. The fourth-order valence-electron chi connectivity index (χ4n) is 12.0. The molecule has 630 valence electrons. The molecular formula is C91H160O16P2. The number of esters is 3. The number of ether oxygens (including phenoxy) is 3. The number of carbonyl (C=O) groups excluding carboxylic acids is 3. The second kappa shape index (κ2) is 83.4. The normalized spacial score (nSPS) is 14.4. The summed E-state index contributed by atoms with van der Waals surface area (Å²) in [5, 5.41) is 20.7. The highest BCUT2D eigenvalue weighted by molar-refractivity contribution is 7.47. The molecule has 0 saturated heterocycles. The van der Waals surface area contributed by atoms with Gasteiger partial charge in [0.1, 0.15) is 25.4 Å². The number of phosphoric ester groups is 2. The number of allylic oxidation sites excluding steroid dienone is 20. The summed E-state index contributed by atoms with van der Waals surface area (Å²) in [5.41, 5.74) is 0. The van der Waals surface area contributed by atoms with Crippen LogP contribution >= 0.6 is 15.6 Å². The number of aliphatic hydroxyl groups excluding tert-OH is 2. The van der Waals surface area contributed by atoms with Crippen molar-refractivity contribution in [2.75, 3.05) is 39.6 Å². The second-order valence-corrected chi connectivity index (χ2v) is 32.2. The van der Waals surface area contributed by atoms with Gasteiger partial charge in [0, 0.05) is 19.3 Å². The van der Waals surface area contributed by atoms with Gasteiger partial charge in [0.15, 0.2) is 6.10 Å². The van der Waals surface area contributed by atoms with Crippen LogP contribution in [0.5, 0.6) is 0 Å². The summed E-state index contributed by atoms with van der Waals surface area (Å²) >= 11 is 0. The average molecular weight is 1570 g/mol. The molecule has 0 saturated carbocycles. The van der Waals surface area contributed by atoms with Crippen LogP contribution in [-0.4, -0.2) is 95.9 Å². The van der Waals surface area contributed by atoms with Crippen molar-refractivity contribution in [1.29, 1.82) is 0 Å². The molecule has 0 spiro atoms. The number of unbranched alkanes of at least 4 members (excludes halogenated alkanes) is 40. The van der Waals surface area contributed by atoms with Crippen LogP contribution in [0.4, 0.5) is 0 Å². The van der Waals surface area contributed by atoms with Crippen molar-refractivity contribution >= 4 is 33.6 Å². The Morgan fingerprint density at radius 1 is 0.266 bits per heavy atom. The summed E-state index contributed by atoms with van der Waals surface area (Å²) in [4.78, 5) is 58.8. The Labute approximate surface area is 665 Å². The predicted octanol–water partition coefficient (Wildman–Crippen LogP) is 26.4. The zero-order chi connectivity index (χ0) is 79.4. The SMILES string of the molecule is CC/C=C\C/C=C\C/C=C\C/C=C\C/C=C\CCCCCCCCCCCCCCCCCCCC(=O)OCC(O)COP(=O)(O)OCC(O)COP(=O)(O)OCC(COC(=O)CCCCCCCCCCCCC/C=C\C/C=C\C/C=C\C/C=C\CCCCC)OC(=O)CCCCCCC/C=C\CCCCCC. The Hall–Kier alpha value is -4.05. The topological polar surface area (TPSA) is 231 Å². The molecule has 0 fully saturated rings. The number of aliphatic hydroxyl groups is 2. The molecular weight excluding hydrogens is 1410 g/mol. The van der Waals surface area contributed by atoms with Crippen molar-refractivity contribution in [3.8, 4) is 0 Å². The minimum Gasteiger partial charge on any atom is -0.463 e. The molecule has 0 aliphatic carbocycles. The van der Waals surface area contributed by atoms with Crippen LogP contribution in [-0.2, 0) is 55.8 Å². The van der Waals surface area contributed by atoms with Crippen LogP contribution in [0.3, 0.4) is 0 Å². The maximum Gasteiger partial charge on any atom is 0.472 e. The van der Waals surface area contributed by atoms with Crippen LogP contribution in [0, 0.1) is 0 Å². The molecule has 5 atom stereocenters. The molecule has 4 N–H and O–H groups in total. The molecule has 5 unspecified atom stereocenters. The number of rotatable bonds is 83. The molecule has 0 aliphatic rings. The van der Waals surface area contributed by atoms with Crippen LogP contribution in [0.1, 0.15) is 380 Å². The van der Waals surface area contributed by atoms with Gasteiger partial charge in [0.2, 0.25) is 0 Å². The van der Waals surface area contributed by atoms with Crippen molar-refractivity contribution in [2.45, 2.75) is 399 Å². The van der Waals surface area contributed by atoms with Gasteiger partial charge in [-0.1, -0.05) is 348 Å². The molecule has 0 aromatic rings. The predicted molar refractivity (Wildman–Crippen MR) is 454 cm³/mol. The molecule has 0 radical (unpaired) electrons. The van der Waals surface area contributed by atoms with E-state index in [9.17, 15) is 43.5 Å². The zero-order valence-electron chi connectivity index (χ0n) is 69.2. The lowest BCUT2D eigenvalue weighted by Crippen LogP contribution is -2.30. The third-order valence-corrected chi connectivity index (χ3v) is 20.5. The van der Waals surface area contributed by atoms with Crippen molar-refractivity contribution in [2.24, 2.45) is 0 Å². The summed E-state index contributed by atoms with van der Waals surface area (Å²) in [7, 11) is -9.79. The fourth-order valence-corrected chi connectivity index (χ4v) is 13.6. The first-order valence-corrected chi connectivity index (χ1v) is 46.8. The minimum absolute atomic E-state index is 0.0943. The molecule has 0 rings (SSSR count). The van der Waals surface area contributed by atoms with Crippen LogP contribution in [0.2, 0.25) is 0 Å². The van der Waals surface area contributed by atoms with Gasteiger partial charge >= 0.3 is 33.6 Å². The summed E-state index contributed by atoms with van der Waals surface area (Å²) in [6.45, 7) is 2.56. The Morgan fingerprint density at radius 3 is 0.798 bits per heavy atom. The Morgan fingerprint density at radius 2 is 0.486 bits per heavy atom. The highest BCUT2D eigenvalue weighted by atomic mass is 31.2. The molecule has 0 aliphatic heterocycles. The minimum atomic E-state index is -4.93. The van der Waals surface area contributed by atoms with Gasteiger partial charge < -0.3 is 34.2 Å². The number of phosphoric acid groups is 2. The molecule has 0 aromatic heterocycles. The van der Waals surface area contributed by atoms with E-state index in [1.165, 1.54) is 180 Å². The first-order chi connectivity index (χ1) is 53.2. The van der Waals surface area contributed by atoms with Crippen molar-refractivity contribution in [1.82, 2.24) is 0 Å². The van der Waals surface area contributed by atoms with Gasteiger partial charge in [-0.3, -0.25) is 32.5 Å². The number of hydrogen-bond acceptors (Lipinski definition) is 14. The molecule has 0 heterocycles. The second-order valence-electron chi connectivity index (χ2n) is 29.3. The van der Waals surface area contributed by atoms with E-state index < -0.39 is 91.5 Å². The first kappa shape index (κ1) is 105. The summed E-state index contributed by atoms with van der Waals surface area (Å²) in [6, 6.07) is 0. The molecule has 0 bridgehead atoms. The molecule has 16 nitrogen and oxygen atoms in total. The highest BCUT2D eigenvalue weighted by Crippen LogP contribution is 2.45. The summed E-state index contributed by atoms with van der Waals surface area (Å²) in [5.74, 6) is -1.57. The van der Waals surface area contributed by atoms with Crippen LogP contribution in [0.25, 0.3) is 0 Å².